The van der Waals surface area contributed by atoms with Crippen LogP contribution >= 0.6 is 0 Å². The fraction of sp³-hybridized carbons (Fsp3) is 0.409. The van der Waals surface area contributed by atoms with Gasteiger partial charge in [-0.15, -0.1) is 0 Å². The maximum atomic E-state index is 14.1. The summed E-state index contributed by atoms with van der Waals surface area (Å²) < 4.78 is 5.60. The molecule has 0 saturated heterocycles. The first-order valence-corrected chi connectivity index (χ1v) is 9.65. The number of nitrogens with zero attached hydrogens (tertiary/aromatic N) is 2. The van der Waals surface area contributed by atoms with Crippen LogP contribution in [0.25, 0.3) is 0 Å². The maximum Gasteiger partial charge on any atom is 0.338 e. The Morgan fingerprint density at radius 2 is 2.00 bits per heavy atom. The first-order valence-electron chi connectivity index (χ1n) is 9.65. The molecule has 0 bridgehead atoms. The van der Waals surface area contributed by atoms with E-state index in [9.17, 15) is 14.9 Å². The van der Waals surface area contributed by atoms with Crippen molar-refractivity contribution in [1.82, 2.24) is 5.32 Å². The second-order valence-electron chi connectivity index (χ2n) is 8.71. The molecule has 0 saturated carbocycles. The molecule has 7 nitrogen and oxygen atoms in total. The van der Waals surface area contributed by atoms with E-state index >= 15 is 0 Å². The molecule has 1 aromatic rings. The van der Waals surface area contributed by atoms with E-state index in [1.807, 2.05) is 32.9 Å². The van der Waals surface area contributed by atoms with Crippen molar-refractivity contribution < 1.29 is 14.3 Å². The standard InChI is InChI=1S/C22H24N4O3/c1-11(2)10-26-16-12(3)7-6-8-13(16)22(20(26)28)14(9-23)18(24)25-17-15(22)19(27)29-21(17,4)5/h6-8,11,25H,10,24H2,1-5H3. The number of para-hydroxylation sites is 1. The lowest BCUT2D eigenvalue weighted by molar-refractivity contribution is -0.145. The first kappa shape index (κ1) is 19.1. The number of amides is 1. The highest BCUT2D eigenvalue weighted by Crippen LogP contribution is 2.56. The summed E-state index contributed by atoms with van der Waals surface area (Å²) in [5.74, 6) is -0.677. The molecule has 3 aliphatic rings. The SMILES string of the molecule is Cc1cccc2c1N(CC(C)C)C(=O)C21C(C#N)=C(N)NC2=C1C(=O)OC2(C)C. The highest BCUT2D eigenvalue weighted by molar-refractivity contribution is 6.20. The fourth-order valence-electron chi connectivity index (χ4n) is 4.72. The molecule has 0 radical (unpaired) electrons. The molecule has 3 heterocycles. The Morgan fingerprint density at radius 3 is 2.62 bits per heavy atom. The molecular weight excluding hydrogens is 368 g/mol. The Bertz CT molecular complexity index is 1070. The predicted molar refractivity (Wildman–Crippen MR) is 107 cm³/mol. The number of nitrogens with one attached hydrogen (secondary N) is 1. The molecular formula is C22H24N4O3. The van der Waals surface area contributed by atoms with Crippen molar-refractivity contribution in [3.05, 3.63) is 52.0 Å². The number of hydrogen-bond acceptors (Lipinski definition) is 6. The Morgan fingerprint density at radius 1 is 1.31 bits per heavy atom. The number of fused-ring (bicyclic) bond motifs is 3. The molecule has 3 aliphatic heterocycles. The van der Waals surface area contributed by atoms with Crippen molar-refractivity contribution in [2.24, 2.45) is 11.7 Å². The number of rotatable bonds is 2. The Labute approximate surface area is 169 Å². The maximum absolute atomic E-state index is 14.1. The Balaban J connectivity index is 2.14. The third-order valence-corrected chi connectivity index (χ3v) is 5.82. The number of ether oxygens (including phenoxy) is 1. The van der Waals surface area contributed by atoms with Crippen molar-refractivity contribution in [1.29, 1.82) is 5.26 Å². The summed E-state index contributed by atoms with van der Waals surface area (Å²) in [7, 11) is 0. The van der Waals surface area contributed by atoms with Crippen molar-refractivity contribution >= 4 is 17.6 Å². The summed E-state index contributed by atoms with van der Waals surface area (Å²) in [4.78, 5) is 28.8. The second-order valence-corrected chi connectivity index (χ2v) is 8.71. The van der Waals surface area contributed by atoms with Gasteiger partial charge >= 0.3 is 5.97 Å². The molecule has 1 spiro atoms. The minimum absolute atomic E-state index is 0.0361. The first-order chi connectivity index (χ1) is 13.6. The Hall–Kier alpha value is -3.27. The molecule has 150 valence electrons. The van der Waals surface area contributed by atoms with E-state index in [4.69, 9.17) is 10.5 Å². The number of carbonyl (C=O) groups is 2. The van der Waals surface area contributed by atoms with E-state index in [2.05, 4.69) is 11.4 Å². The minimum atomic E-state index is -1.60. The molecule has 29 heavy (non-hydrogen) atoms. The predicted octanol–water partition coefficient (Wildman–Crippen LogP) is 2.12. The largest absolute Gasteiger partial charge is 0.450 e. The van der Waals surface area contributed by atoms with Gasteiger partial charge in [0.1, 0.15) is 22.9 Å². The highest BCUT2D eigenvalue weighted by atomic mass is 16.6. The van der Waals surface area contributed by atoms with E-state index < -0.39 is 17.0 Å². The number of benzene rings is 1. The number of carbonyl (C=O) groups excluding carboxylic acids is 2. The average molecular weight is 392 g/mol. The number of aryl methyl sites for hydroxylation is 1. The van der Waals surface area contributed by atoms with Crippen molar-refractivity contribution in [3.8, 4) is 6.07 Å². The molecule has 4 rings (SSSR count). The van der Waals surface area contributed by atoms with Gasteiger partial charge in [-0.05, 0) is 32.3 Å². The lowest BCUT2D eigenvalue weighted by Gasteiger charge is -2.34. The van der Waals surface area contributed by atoms with Crippen LogP contribution < -0.4 is 16.0 Å². The van der Waals surface area contributed by atoms with Gasteiger partial charge in [-0.3, -0.25) is 4.79 Å². The lowest BCUT2D eigenvalue weighted by Crippen LogP contribution is -2.50. The summed E-state index contributed by atoms with van der Waals surface area (Å²) in [6.45, 7) is 9.90. The zero-order chi connectivity index (χ0) is 21.3. The van der Waals surface area contributed by atoms with Crippen molar-refractivity contribution in [3.63, 3.8) is 0 Å². The van der Waals surface area contributed by atoms with Gasteiger partial charge in [-0.25, -0.2) is 4.79 Å². The normalized spacial score (nSPS) is 24.7. The summed E-state index contributed by atoms with van der Waals surface area (Å²) in [5.41, 5.74) is 6.53. The quantitative estimate of drug-likeness (QED) is 0.747. The smallest absolute Gasteiger partial charge is 0.338 e. The molecule has 7 heteroatoms. The highest BCUT2D eigenvalue weighted by Gasteiger charge is 2.65. The van der Waals surface area contributed by atoms with Gasteiger partial charge in [0.25, 0.3) is 0 Å². The summed E-state index contributed by atoms with van der Waals surface area (Å²) in [6, 6.07) is 7.68. The van der Waals surface area contributed by atoms with E-state index in [1.54, 1.807) is 24.8 Å². The number of nitriles is 1. The average Bonchev–Trinajstić information content (AvgIpc) is 2.99. The number of dihydropyridines is 1. The minimum Gasteiger partial charge on any atom is -0.450 e. The van der Waals surface area contributed by atoms with Crippen LogP contribution in [0, 0.1) is 24.2 Å². The van der Waals surface area contributed by atoms with Gasteiger partial charge in [0.15, 0.2) is 0 Å². The van der Waals surface area contributed by atoms with Crippen LogP contribution in [-0.4, -0.2) is 24.0 Å². The van der Waals surface area contributed by atoms with E-state index in [0.717, 1.165) is 11.3 Å². The van der Waals surface area contributed by atoms with Crippen molar-refractivity contribution in [2.75, 3.05) is 11.4 Å². The zero-order valence-electron chi connectivity index (χ0n) is 17.2. The van der Waals surface area contributed by atoms with Gasteiger partial charge in [-0.2, -0.15) is 5.26 Å². The molecule has 3 N–H and O–H groups in total. The van der Waals surface area contributed by atoms with Crippen molar-refractivity contribution in [2.45, 2.75) is 45.6 Å². The third kappa shape index (κ3) is 2.23. The number of hydrogen-bond donors (Lipinski definition) is 2. The van der Waals surface area contributed by atoms with Crippen LogP contribution in [0.1, 0.15) is 38.8 Å². The van der Waals surface area contributed by atoms with Gasteiger partial charge in [-0.1, -0.05) is 32.0 Å². The molecule has 1 amide bonds. The van der Waals surface area contributed by atoms with E-state index in [-0.39, 0.29) is 28.8 Å². The van der Waals surface area contributed by atoms with Gasteiger partial charge in [0.2, 0.25) is 5.91 Å². The molecule has 1 aromatic carbocycles. The number of nitrogens with two attached hydrogens (primary N) is 1. The third-order valence-electron chi connectivity index (χ3n) is 5.82. The number of anilines is 1. The van der Waals surface area contributed by atoms with Gasteiger partial charge in [0.05, 0.1) is 22.5 Å². The molecule has 0 aromatic heterocycles. The van der Waals surface area contributed by atoms with Crippen LogP contribution in [0.5, 0.6) is 0 Å². The summed E-state index contributed by atoms with van der Waals surface area (Å²) in [6.07, 6.45) is 0. The summed E-state index contributed by atoms with van der Waals surface area (Å²) >= 11 is 0. The van der Waals surface area contributed by atoms with Crippen LogP contribution in [0.2, 0.25) is 0 Å². The zero-order valence-corrected chi connectivity index (χ0v) is 17.2. The molecule has 0 fully saturated rings. The van der Waals surface area contributed by atoms with E-state index in [0.29, 0.717) is 17.8 Å². The lowest BCUT2D eigenvalue weighted by atomic mass is 9.67. The number of cyclic esters (lactones) is 1. The van der Waals surface area contributed by atoms with Crippen LogP contribution in [0.15, 0.2) is 40.9 Å². The van der Waals surface area contributed by atoms with Gasteiger partial charge < -0.3 is 20.7 Å². The van der Waals surface area contributed by atoms with Crippen LogP contribution in [-0.2, 0) is 19.7 Å². The second kappa shape index (κ2) is 5.86. The van der Waals surface area contributed by atoms with Crippen LogP contribution in [0.4, 0.5) is 5.69 Å². The van der Waals surface area contributed by atoms with Gasteiger partial charge in [0, 0.05) is 12.1 Å². The van der Waals surface area contributed by atoms with Crippen LogP contribution in [0.3, 0.4) is 0 Å². The topological polar surface area (TPSA) is 108 Å². The molecule has 1 unspecified atom stereocenters. The monoisotopic (exact) mass is 392 g/mol. The Kier molecular flexibility index (Phi) is 3.86. The van der Waals surface area contributed by atoms with E-state index in [1.165, 1.54) is 0 Å². The fourth-order valence-corrected chi connectivity index (χ4v) is 4.72. The molecule has 1 atom stereocenters. The number of esters is 1. The molecule has 0 aliphatic carbocycles. The summed E-state index contributed by atoms with van der Waals surface area (Å²) in [5, 5.41) is 13.0.